The van der Waals surface area contributed by atoms with Gasteiger partial charge in [-0.3, -0.25) is 9.88 Å². The van der Waals surface area contributed by atoms with Crippen LogP contribution in [0.4, 0.5) is 0 Å². The molecule has 5 heteroatoms. The van der Waals surface area contributed by atoms with Crippen LogP contribution >= 0.6 is 0 Å². The van der Waals surface area contributed by atoms with Crippen molar-refractivity contribution in [3.8, 4) is 11.5 Å². The van der Waals surface area contributed by atoms with Crippen molar-refractivity contribution in [2.24, 2.45) is 0 Å². The van der Waals surface area contributed by atoms with Gasteiger partial charge in [0.15, 0.2) is 11.5 Å². The highest BCUT2D eigenvalue weighted by Gasteiger charge is 2.19. The van der Waals surface area contributed by atoms with E-state index in [4.69, 9.17) is 9.47 Å². The Kier molecular flexibility index (Phi) is 7.46. The smallest absolute Gasteiger partial charge is 0.161 e. The van der Waals surface area contributed by atoms with Gasteiger partial charge in [-0.2, -0.15) is 0 Å². The minimum Gasteiger partial charge on any atom is -0.493 e. The SMILES string of the molecule is C=C(C)COc1cc(CNC2CCN(Cc3ccccn3)CC2)ccc1OC. The number of hydrogen-bond acceptors (Lipinski definition) is 5. The summed E-state index contributed by atoms with van der Waals surface area (Å²) in [7, 11) is 1.67. The first-order valence-corrected chi connectivity index (χ1v) is 9.94. The summed E-state index contributed by atoms with van der Waals surface area (Å²) < 4.78 is 11.2. The van der Waals surface area contributed by atoms with Crippen LogP contribution in [0.5, 0.6) is 11.5 Å². The average Bonchev–Trinajstić information content (AvgIpc) is 2.72. The van der Waals surface area contributed by atoms with Crippen molar-refractivity contribution in [3.63, 3.8) is 0 Å². The molecule has 150 valence electrons. The summed E-state index contributed by atoms with van der Waals surface area (Å²) in [6.45, 7) is 10.3. The molecule has 5 nitrogen and oxygen atoms in total. The lowest BCUT2D eigenvalue weighted by molar-refractivity contribution is 0.188. The number of rotatable bonds is 9. The molecule has 0 radical (unpaired) electrons. The predicted octanol–water partition coefficient (Wildman–Crippen LogP) is 3.80. The van der Waals surface area contributed by atoms with E-state index in [1.54, 1.807) is 7.11 Å². The summed E-state index contributed by atoms with van der Waals surface area (Å²) in [6, 6.07) is 12.8. The van der Waals surface area contributed by atoms with Gasteiger partial charge in [0.05, 0.1) is 12.8 Å². The zero-order chi connectivity index (χ0) is 19.8. The molecule has 0 bridgehead atoms. The number of ether oxygens (including phenoxy) is 2. The molecule has 1 aliphatic heterocycles. The van der Waals surface area contributed by atoms with Crippen LogP contribution < -0.4 is 14.8 Å². The number of piperidine rings is 1. The quantitative estimate of drug-likeness (QED) is 0.670. The maximum absolute atomic E-state index is 5.83. The molecule has 1 aliphatic rings. The topological polar surface area (TPSA) is 46.6 Å². The first-order valence-electron chi connectivity index (χ1n) is 9.94. The Bertz CT molecular complexity index is 756. The Hall–Kier alpha value is -2.37. The van der Waals surface area contributed by atoms with E-state index >= 15 is 0 Å². The van der Waals surface area contributed by atoms with Crippen molar-refractivity contribution in [2.45, 2.75) is 38.9 Å². The fourth-order valence-corrected chi connectivity index (χ4v) is 3.42. The maximum atomic E-state index is 5.83. The van der Waals surface area contributed by atoms with Crippen molar-refractivity contribution < 1.29 is 9.47 Å². The van der Waals surface area contributed by atoms with Crippen molar-refractivity contribution in [1.82, 2.24) is 15.2 Å². The number of nitrogens with zero attached hydrogens (tertiary/aromatic N) is 2. The highest BCUT2D eigenvalue weighted by atomic mass is 16.5. The number of nitrogens with one attached hydrogen (secondary N) is 1. The van der Waals surface area contributed by atoms with Crippen molar-refractivity contribution >= 4 is 0 Å². The molecule has 1 aromatic carbocycles. The summed E-state index contributed by atoms with van der Waals surface area (Å²) in [4.78, 5) is 6.91. The molecule has 2 heterocycles. The summed E-state index contributed by atoms with van der Waals surface area (Å²) >= 11 is 0. The Balaban J connectivity index is 1.47. The Morgan fingerprint density at radius 1 is 1.21 bits per heavy atom. The van der Waals surface area contributed by atoms with Crippen LogP contribution in [0.3, 0.4) is 0 Å². The van der Waals surface area contributed by atoms with Gasteiger partial charge in [-0.1, -0.05) is 18.7 Å². The van der Waals surface area contributed by atoms with Crippen molar-refractivity contribution in [2.75, 3.05) is 26.8 Å². The van der Waals surface area contributed by atoms with E-state index in [9.17, 15) is 0 Å². The predicted molar refractivity (Wildman–Crippen MR) is 113 cm³/mol. The van der Waals surface area contributed by atoms with E-state index in [1.165, 1.54) is 5.56 Å². The van der Waals surface area contributed by atoms with E-state index in [2.05, 4.69) is 46.0 Å². The van der Waals surface area contributed by atoms with Gasteiger partial charge in [-0.25, -0.2) is 0 Å². The second-order valence-corrected chi connectivity index (χ2v) is 7.48. The average molecular weight is 382 g/mol. The van der Waals surface area contributed by atoms with Crippen LogP contribution in [0.15, 0.2) is 54.7 Å². The lowest BCUT2D eigenvalue weighted by Crippen LogP contribution is -2.41. The van der Waals surface area contributed by atoms with Crippen LogP contribution in [0.2, 0.25) is 0 Å². The zero-order valence-corrected chi connectivity index (χ0v) is 17.0. The maximum Gasteiger partial charge on any atom is 0.161 e. The van der Waals surface area contributed by atoms with Gasteiger partial charge in [0, 0.05) is 38.4 Å². The van der Waals surface area contributed by atoms with Gasteiger partial charge in [-0.05, 0) is 55.2 Å². The molecule has 1 N–H and O–H groups in total. The standard InChI is InChI=1S/C23H31N3O2/c1-18(2)17-28-23-14-19(7-8-22(23)27-3)15-25-20-9-12-26(13-10-20)16-21-6-4-5-11-24-21/h4-8,11,14,20,25H,1,9-10,12-13,15-17H2,2-3H3. The Morgan fingerprint density at radius 2 is 2.04 bits per heavy atom. The molecule has 3 rings (SSSR count). The monoisotopic (exact) mass is 381 g/mol. The van der Waals surface area contributed by atoms with Gasteiger partial charge in [-0.15, -0.1) is 0 Å². The van der Waals surface area contributed by atoms with Crippen molar-refractivity contribution in [1.29, 1.82) is 0 Å². The van der Waals surface area contributed by atoms with Gasteiger partial charge in [0.2, 0.25) is 0 Å². The molecule has 0 saturated carbocycles. The number of pyridine rings is 1. The van der Waals surface area contributed by atoms with Crippen LogP contribution in [-0.4, -0.2) is 42.7 Å². The van der Waals surface area contributed by atoms with Gasteiger partial charge >= 0.3 is 0 Å². The van der Waals surface area contributed by atoms with Crippen LogP contribution in [0.25, 0.3) is 0 Å². The molecule has 0 aliphatic carbocycles. The number of aromatic nitrogens is 1. The normalized spacial score (nSPS) is 15.4. The number of methoxy groups -OCH3 is 1. The summed E-state index contributed by atoms with van der Waals surface area (Å²) in [6.07, 6.45) is 4.18. The minimum atomic E-state index is 0.502. The molecule has 0 spiro atoms. The Morgan fingerprint density at radius 3 is 2.71 bits per heavy atom. The van der Waals surface area contributed by atoms with Gasteiger partial charge < -0.3 is 14.8 Å². The van der Waals surface area contributed by atoms with E-state index in [1.807, 2.05) is 25.3 Å². The number of benzene rings is 1. The molecule has 28 heavy (non-hydrogen) atoms. The van der Waals surface area contributed by atoms with E-state index in [-0.39, 0.29) is 0 Å². The molecule has 0 unspecified atom stereocenters. The third kappa shape index (κ3) is 6.08. The second-order valence-electron chi connectivity index (χ2n) is 7.48. The lowest BCUT2D eigenvalue weighted by atomic mass is 10.0. The molecule has 2 aromatic rings. The van der Waals surface area contributed by atoms with E-state index < -0.39 is 0 Å². The first kappa shape index (κ1) is 20.4. The molecule has 1 fully saturated rings. The highest BCUT2D eigenvalue weighted by molar-refractivity contribution is 5.43. The molecule has 1 aromatic heterocycles. The molecule has 1 saturated heterocycles. The second kappa shape index (κ2) is 10.2. The third-order valence-electron chi connectivity index (χ3n) is 5.00. The lowest BCUT2D eigenvalue weighted by Gasteiger charge is -2.32. The Labute approximate surface area is 168 Å². The van der Waals surface area contributed by atoms with Gasteiger partial charge in [0.25, 0.3) is 0 Å². The zero-order valence-electron chi connectivity index (χ0n) is 17.0. The summed E-state index contributed by atoms with van der Waals surface area (Å²) in [5.74, 6) is 1.53. The summed E-state index contributed by atoms with van der Waals surface area (Å²) in [5, 5.41) is 3.70. The third-order valence-corrected chi connectivity index (χ3v) is 5.00. The van der Waals surface area contributed by atoms with Crippen LogP contribution in [0.1, 0.15) is 31.0 Å². The minimum absolute atomic E-state index is 0.502. The molecule has 0 atom stereocenters. The molecule has 0 amide bonds. The van der Waals surface area contributed by atoms with Crippen molar-refractivity contribution in [3.05, 3.63) is 66.0 Å². The van der Waals surface area contributed by atoms with E-state index in [0.29, 0.717) is 12.6 Å². The largest absolute Gasteiger partial charge is 0.493 e. The van der Waals surface area contributed by atoms with Crippen LogP contribution in [-0.2, 0) is 13.1 Å². The highest BCUT2D eigenvalue weighted by Crippen LogP contribution is 2.28. The van der Waals surface area contributed by atoms with Crippen LogP contribution in [0, 0.1) is 0 Å². The van der Waals surface area contributed by atoms with E-state index in [0.717, 1.165) is 61.8 Å². The fourth-order valence-electron chi connectivity index (χ4n) is 3.42. The number of hydrogen-bond donors (Lipinski definition) is 1. The molecular formula is C23H31N3O2. The first-order chi connectivity index (χ1) is 13.6. The molecular weight excluding hydrogens is 350 g/mol. The fraction of sp³-hybridized carbons (Fsp3) is 0.435. The van der Waals surface area contributed by atoms with Gasteiger partial charge in [0.1, 0.15) is 6.61 Å². The summed E-state index contributed by atoms with van der Waals surface area (Å²) in [5.41, 5.74) is 3.34. The number of likely N-dealkylation sites (tertiary alicyclic amines) is 1.